The Bertz CT molecular complexity index is 482. The molecule has 1 aromatic carbocycles. The molecule has 0 atom stereocenters. The Morgan fingerprint density at radius 1 is 1.05 bits per heavy atom. The fraction of sp³-hybridized carbons (Fsp3) is 0.562. The van der Waals surface area contributed by atoms with Gasteiger partial charge in [-0.05, 0) is 39.8 Å². The maximum atomic E-state index is 6.09. The van der Waals surface area contributed by atoms with Crippen LogP contribution in [0.5, 0.6) is 0 Å². The van der Waals surface area contributed by atoms with Crippen molar-refractivity contribution in [3.63, 3.8) is 0 Å². The lowest BCUT2D eigenvalue weighted by molar-refractivity contribution is -0.623. The molecule has 0 radical (unpaired) electrons. The second-order valence-electron chi connectivity index (χ2n) is 6.14. The van der Waals surface area contributed by atoms with E-state index in [1.807, 2.05) is 45.9 Å². The van der Waals surface area contributed by atoms with E-state index in [0.29, 0.717) is 6.04 Å². The summed E-state index contributed by atoms with van der Waals surface area (Å²) in [5, 5.41) is 8.63. The SMILES string of the molecule is CC(C)/[N+](=C\c1ccccc1)C(C)(C)/N=N/C(C)(C)Cl. The van der Waals surface area contributed by atoms with Gasteiger partial charge < -0.3 is 0 Å². The Labute approximate surface area is 127 Å². The molecular formula is C16H25ClN3+. The van der Waals surface area contributed by atoms with Gasteiger partial charge in [-0.15, -0.1) is 5.11 Å². The summed E-state index contributed by atoms with van der Waals surface area (Å²) < 4.78 is 2.19. The normalized spacial score (nSPS) is 14.3. The van der Waals surface area contributed by atoms with Gasteiger partial charge in [-0.2, -0.15) is 5.11 Å². The predicted octanol–water partition coefficient (Wildman–Crippen LogP) is 4.69. The molecule has 0 aliphatic heterocycles. The van der Waals surface area contributed by atoms with Crippen LogP contribution in [-0.4, -0.2) is 27.5 Å². The van der Waals surface area contributed by atoms with E-state index in [2.05, 4.69) is 47.0 Å². The first-order valence-electron chi connectivity index (χ1n) is 6.93. The van der Waals surface area contributed by atoms with Gasteiger partial charge in [0.05, 0.1) is 0 Å². The van der Waals surface area contributed by atoms with E-state index in [9.17, 15) is 0 Å². The van der Waals surface area contributed by atoms with Gasteiger partial charge >= 0.3 is 0 Å². The first kappa shape index (κ1) is 16.8. The molecule has 20 heavy (non-hydrogen) atoms. The van der Waals surface area contributed by atoms with E-state index >= 15 is 0 Å². The molecule has 0 fully saturated rings. The van der Waals surface area contributed by atoms with Crippen molar-refractivity contribution in [1.82, 2.24) is 0 Å². The van der Waals surface area contributed by atoms with Crippen molar-refractivity contribution in [3.8, 4) is 0 Å². The minimum atomic E-state index is -0.674. The average Bonchev–Trinajstić information content (AvgIpc) is 2.34. The van der Waals surface area contributed by atoms with Crippen LogP contribution in [0, 0.1) is 0 Å². The molecule has 110 valence electrons. The summed E-state index contributed by atoms with van der Waals surface area (Å²) in [6.45, 7) is 12.0. The Kier molecular flexibility index (Phi) is 5.46. The number of halogens is 1. The number of hydrogen-bond donors (Lipinski definition) is 0. The number of rotatable bonds is 5. The van der Waals surface area contributed by atoms with Crippen LogP contribution in [0.15, 0.2) is 40.6 Å². The van der Waals surface area contributed by atoms with Crippen LogP contribution < -0.4 is 0 Å². The average molecular weight is 295 g/mol. The van der Waals surface area contributed by atoms with Crippen molar-refractivity contribution in [3.05, 3.63) is 35.9 Å². The molecule has 1 aromatic rings. The zero-order valence-corrected chi connectivity index (χ0v) is 14.0. The van der Waals surface area contributed by atoms with Gasteiger partial charge in [0.25, 0.3) is 5.66 Å². The van der Waals surface area contributed by atoms with Crippen LogP contribution >= 0.6 is 11.6 Å². The largest absolute Gasteiger partial charge is 0.267 e. The lowest BCUT2D eigenvalue weighted by Crippen LogP contribution is -2.40. The summed E-state index contributed by atoms with van der Waals surface area (Å²) in [7, 11) is 0. The molecule has 0 saturated carbocycles. The number of benzene rings is 1. The van der Waals surface area contributed by atoms with Crippen molar-refractivity contribution >= 4 is 17.8 Å². The molecule has 0 bridgehead atoms. The molecule has 0 aliphatic carbocycles. The van der Waals surface area contributed by atoms with Gasteiger partial charge in [0.1, 0.15) is 11.0 Å². The molecule has 0 N–H and O–H groups in total. The Balaban J connectivity index is 3.14. The van der Waals surface area contributed by atoms with Crippen LogP contribution in [0.4, 0.5) is 0 Å². The Morgan fingerprint density at radius 2 is 1.60 bits per heavy atom. The van der Waals surface area contributed by atoms with E-state index in [4.69, 9.17) is 11.6 Å². The summed E-state index contributed by atoms with van der Waals surface area (Å²) in [5.41, 5.74) is 0.700. The van der Waals surface area contributed by atoms with Gasteiger partial charge in [-0.25, -0.2) is 4.58 Å². The quantitative estimate of drug-likeness (QED) is 0.248. The van der Waals surface area contributed by atoms with E-state index in [1.54, 1.807) is 0 Å². The molecule has 0 aliphatic rings. The summed E-state index contributed by atoms with van der Waals surface area (Å²) in [6.07, 6.45) is 2.12. The Hall–Kier alpha value is -1.22. The predicted molar refractivity (Wildman–Crippen MR) is 85.9 cm³/mol. The van der Waals surface area contributed by atoms with Crippen molar-refractivity contribution in [1.29, 1.82) is 0 Å². The number of nitrogens with zero attached hydrogens (tertiary/aromatic N) is 3. The van der Waals surface area contributed by atoms with Crippen LogP contribution in [0.1, 0.15) is 47.1 Å². The topological polar surface area (TPSA) is 27.7 Å². The Morgan fingerprint density at radius 3 is 2.05 bits per heavy atom. The molecule has 0 aromatic heterocycles. The van der Waals surface area contributed by atoms with Gasteiger partial charge in [-0.1, -0.05) is 29.8 Å². The van der Waals surface area contributed by atoms with Crippen LogP contribution in [0.3, 0.4) is 0 Å². The highest BCUT2D eigenvalue weighted by Gasteiger charge is 2.33. The molecule has 4 heteroatoms. The number of hydrogen-bond acceptors (Lipinski definition) is 2. The summed E-state index contributed by atoms with van der Waals surface area (Å²) in [6, 6.07) is 10.5. The van der Waals surface area contributed by atoms with Gasteiger partial charge in [0.15, 0.2) is 6.21 Å². The maximum absolute atomic E-state index is 6.09. The third-order valence-corrected chi connectivity index (χ3v) is 2.88. The van der Waals surface area contributed by atoms with Crippen LogP contribution in [-0.2, 0) is 0 Å². The van der Waals surface area contributed by atoms with Gasteiger partial charge in [0.2, 0.25) is 0 Å². The highest BCUT2D eigenvalue weighted by atomic mass is 35.5. The first-order chi connectivity index (χ1) is 9.12. The van der Waals surface area contributed by atoms with E-state index in [-0.39, 0.29) is 0 Å². The van der Waals surface area contributed by atoms with Crippen LogP contribution in [0.2, 0.25) is 0 Å². The van der Waals surface area contributed by atoms with Gasteiger partial charge in [0, 0.05) is 19.4 Å². The molecule has 0 spiro atoms. The first-order valence-corrected chi connectivity index (χ1v) is 7.31. The molecule has 0 unspecified atom stereocenters. The highest BCUT2D eigenvalue weighted by Crippen LogP contribution is 2.21. The molecule has 1 rings (SSSR count). The van der Waals surface area contributed by atoms with Crippen LogP contribution in [0.25, 0.3) is 0 Å². The molecule has 0 heterocycles. The molecular weight excluding hydrogens is 270 g/mol. The molecule has 0 amide bonds. The van der Waals surface area contributed by atoms with Crippen molar-refractivity contribution in [2.75, 3.05) is 0 Å². The maximum Gasteiger partial charge on any atom is 0.267 e. The second kappa shape index (κ2) is 6.49. The lowest BCUT2D eigenvalue weighted by Gasteiger charge is -2.21. The molecule has 0 saturated heterocycles. The monoisotopic (exact) mass is 294 g/mol. The van der Waals surface area contributed by atoms with E-state index in [0.717, 1.165) is 5.56 Å². The minimum Gasteiger partial charge on any atom is -0.207 e. The van der Waals surface area contributed by atoms with Crippen molar-refractivity contribution in [2.45, 2.75) is 58.2 Å². The van der Waals surface area contributed by atoms with Gasteiger partial charge in [-0.3, -0.25) is 0 Å². The zero-order chi connectivity index (χ0) is 15.4. The van der Waals surface area contributed by atoms with E-state index in [1.165, 1.54) is 0 Å². The van der Waals surface area contributed by atoms with Crippen molar-refractivity contribution in [2.24, 2.45) is 10.2 Å². The highest BCUT2D eigenvalue weighted by molar-refractivity contribution is 6.23. The zero-order valence-electron chi connectivity index (χ0n) is 13.3. The van der Waals surface area contributed by atoms with E-state index < -0.39 is 10.7 Å². The summed E-state index contributed by atoms with van der Waals surface area (Å²) >= 11 is 6.09. The van der Waals surface area contributed by atoms with Crippen molar-refractivity contribution < 1.29 is 4.58 Å². The number of azo groups is 1. The number of alkyl halides is 1. The third kappa shape index (κ3) is 5.41. The fourth-order valence-corrected chi connectivity index (χ4v) is 1.97. The lowest BCUT2D eigenvalue weighted by atomic mass is 10.1. The second-order valence-corrected chi connectivity index (χ2v) is 7.07. The third-order valence-electron chi connectivity index (χ3n) is 2.81. The smallest absolute Gasteiger partial charge is 0.207 e. The molecule has 3 nitrogen and oxygen atoms in total. The summed E-state index contributed by atoms with van der Waals surface area (Å²) in [4.78, 5) is -0.674. The minimum absolute atomic E-state index is 0.308. The standard InChI is InChI=1S/C16H25ClN3/c1-13(2)20(12-14-10-8-7-9-11-14)16(5,6)19-18-15(3,4)17/h7-13H,1-6H3/q+1/b19-18+,20-12+. The summed E-state index contributed by atoms with van der Waals surface area (Å²) in [5.74, 6) is 0. The fourth-order valence-electron chi connectivity index (χ4n) is 1.93.